The number of benzene rings is 1. The molecule has 0 saturated heterocycles. The van der Waals surface area contributed by atoms with Crippen LogP contribution in [0.5, 0.6) is 0 Å². The fraction of sp³-hybridized carbons (Fsp3) is 0.417. The molecule has 1 rings (SSSR count). The molecule has 1 atom stereocenters. The second-order valence-electron chi connectivity index (χ2n) is 4.47. The van der Waals surface area contributed by atoms with Crippen LogP contribution < -0.4 is 16.6 Å². The highest BCUT2D eigenvalue weighted by Gasteiger charge is 2.17. The van der Waals surface area contributed by atoms with Crippen LogP contribution in [-0.4, -0.2) is 11.9 Å². The average Bonchev–Trinajstić information content (AvgIpc) is 2.28. The first kappa shape index (κ1) is 14.4. The first-order chi connectivity index (χ1) is 8.36. The Morgan fingerprint density at radius 3 is 2.11 bits per heavy atom. The van der Waals surface area contributed by atoms with Gasteiger partial charge in [-0.3, -0.25) is 10.6 Å². The lowest BCUT2D eigenvalue weighted by Gasteiger charge is -2.17. The Hall–Kier alpha value is -1.69. The molecule has 0 aliphatic carbocycles. The van der Waals surface area contributed by atoms with Gasteiger partial charge in [-0.25, -0.2) is 8.78 Å². The van der Waals surface area contributed by atoms with E-state index < -0.39 is 23.2 Å². The Bertz CT molecular complexity index is 426. The third kappa shape index (κ3) is 3.16. The van der Waals surface area contributed by atoms with Crippen molar-refractivity contribution >= 4 is 11.6 Å². The lowest BCUT2D eigenvalue weighted by Crippen LogP contribution is -2.36. The van der Waals surface area contributed by atoms with Crippen molar-refractivity contribution in [1.29, 1.82) is 0 Å². The number of anilines is 1. The molecule has 0 spiro atoms. The van der Waals surface area contributed by atoms with Crippen molar-refractivity contribution < 1.29 is 13.6 Å². The van der Waals surface area contributed by atoms with E-state index in [2.05, 4.69) is 5.32 Å². The van der Waals surface area contributed by atoms with E-state index in [1.165, 1.54) is 0 Å². The molecule has 1 amide bonds. The van der Waals surface area contributed by atoms with Gasteiger partial charge in [0.25, 0.3) is 5.91 Å². The summed E-state index contributed by atoms with van der Waals surface area (Å²) in [6.45, 7) is 5.70. The van der Waals surface area contributed by atoms with E-state index in [0.29, 0.717) is 0 Å². The minimum absolute atomic E-state index is 0.0727. The number of rotatable bonds is 4. The van der Waals surface area contributed by atoms with Gasteiger partial charge >= 0.3 is 0 Å². The maximum atomic E-state index is 13.4. The Balaban J connectivity index is 2.94. The number of carbonyl (C=O) groups is 1. The van der Waals surface area contributed by atoms with Gasteiger partial charge in [-0.1, -0.05) is 13.8 Å². The molecular weight excluding hydrogens is 240 g/mol. The standard InChI is InChI=1S/C12H17F2N3O/c1-6(2)7(3)16-12(18)8-4-9(13)11(17-15)10(14)5-8/h4-7,17H,15H2,1-3H3,(H,16,18). The highest BCUT2D eigenvalue weighted by molar-refractivity contribution is 5.94. The van der Waals surface area contributed by atoms with Crippen LogP contribution in [0.2, 0.25) is 0 Å². The molecule has 18 heavy (non-hydrogen) atoms. The Morgan fingerprint density at radius 2 is 1.72 bits per heavy atom. The number of hydrogen-bond acceptors (Lipinski definition) is 3. The van der Waals surface area contributed by atoms with Gasteiger partial charge in [-0.05, 0) is 25.0 Å². The van der Waals surface area contributed by atoms with Gasteiger partial charge in [0.2, 0.25) is 0 Å². The van der Waals surface area contributed by atoms with Crippen LogP contribution in [0.15, 0.2) is 12.1 Å². The molecule has 100 valence electrons. The summed E-state index contributed by atoms with van der Waals surface area (Å²) in [7, 11) is 0. The third-order valence-electron chi connectivity index (χ3n) is 2.81. The van der Waals surface area contributed by atoms with Crippen molar-refractivity contribution in [2.75, 3.05) is 5.43 Å². The zero-order valence-corrected chi connectivity index (χ0v) is 10.6. The number of amides is 1. The van der Waals surface area contributed by atoms with Crippen LogP contribution in [0.25, 0.3) is 0 Å². The Labute approximate surface area is 105 Å². The van der Waals surface area contributed by atoms with E-state index >= 15 is 0 Å². The molecule has 1 aromatic rings. The van der Waals surface area contributed by atoms with Gasteiger partial charge in [0, 0.05) is 11.6 Å². The second-order valence-corrected chi connectivity index (χ2v) is 4.47. The molecule has 0 fully saturated rings. The van der Waals surface area contributed by atoms with Gasteiger partial charge in [0.15, 0.2) is 11.6 Å². The predicted octanol–water partition coefficient (Wildman–Crippen LogP) is 2.02. The molecule has 0 radical (unpaired) electrons. The number of carbonyl (C=O) groups excluding carboxylic acids is 1. The smallest absolute Gasteiger partial charge is 0.251 e. The summed E-state index contributed by atoms with van der Waals surface area (Å²) in [4.78, 5) is 11.8. The van der Waals surface area contributed by atoms with Crippen LogP contribution >= 0.6 is 0 Å². The molecule has 0 saturated carbocycles. The number of nitrogens with two attached hydrogens (primary N) is 1. The fourth-order valence-electron chi connectivity index (χ4n) is 1.30. The molecule has 4 nitrogen and oxygen atoms in total. The molecule has 6 heteroatoms. The topological polar surface area (TPSA) is 67.2 Å². The molecule has 0 heterocycles. The van der Waals surface area contributed by atoms with Crippen LogP contribution in [0.1, 0.15) is 31.1 Å². The van der Waals surface area contributed by atoms with E-state index in [9.17, 15) is 13.6 Å². The predicted molar refractivity (Wildman–Crippen MR) is 65.9 cm³/mol. The molecule has 4 N–H and O–H groups in total. The summed E-state index contributed by atoms with van der Waals surface area (Å²) in [5, 5.41) is 2.66. The van der Waals surface area contributed by atoms with Crippen LogP contribution in [0.4, 0.5) is 14.5 Å². The number of hydrazine groups is 1. The van der Waals surface area contributed by atoms with Crippen molar-refractivity contribution in [3.05, 3.63) is 29.3 Å². The van der Waals surface area contributed by atoms with Crippen LogP contribution in [-0.2, 0) is 0 Å². The van der Waals surface area contributed by atoms with E-state index in [1.807, 2.05) is 26.2 Å². The van der Waals surface area contributed by atoms with Crippen molar-refractivity contribution in [2.24, 2.45) is 11.8 Å². The summed E-state index contributed by atoms with van der Waals surface area (Å²) in [6, 6.07) is 1.80. The SMILES string of the molecule is CC(C)C(C)NC(=O)c1cc(F)c(NN)c(F)c1. The third-order valence-corrected chi connectivity index (χ3v) is 2.81. The Kier molecular flexibility index (Phi) is 4.61. The summed E-state index contributed by atoms with van der Waals surface area (Å²) in [5.74, 6) is 2.88. The number of nitrogen functional groups attached to an aromatic ring is 1. The minimum Gasteiger partial charge on any atom is -0.349 e. The molecule has 1 aromatic carbocycles. The molecular formula is C12H17F2N3O. The first-order valence-electron chi connectivity index (χ1n) is 5.63. The van der Waals surface area contributed by atoms with Gasteiger partial charge in [0.1, 0.15) is 5.69 Å². The van der Waals surface area contributed by atoms with Crippen molar-refractivity contribution in [3.8, 4) is 0 Å². The molecule has 0 aliphatic heterocycles. The maximum absolute atomic E-state index is 13.4. The first-order valence-corrected chi connectivity index (χ1v) is 5.63. The molecule has 0 aliphatic rings. The quantitative estimate of drug-likeness (QED) is 0.571. The van der Waals surface area contributed by atoms with Gasteiger partial charge < -0.3 is 10.7 Å². The average molecular weight is 257 g/mol. The van der Waals surface area contributed by atoms with Crippen molar-refractivity contribution in [1.82, 2.24) is 5.32 Å². The van der Waals surface area contributed by atoms with E-state index in [1.54, 1.807) is 0 Å². The molecule has 1 unspecified atom stereocenters. The number of hydrogen-bond donors (Lipinski definition) is 3. The Morgan fingerprint density at radius 1 is 1.22 bits per heavy atom. The number of halogens is 2. The number of nitrogens with one attached hydrogen (secondary N) is 2. The monoisotopic (exact) mass is 257 g/mol. The summed E-state index contributed by atoms with van der Waals surface area (Å²) >= 11 is 0. The van der Waals surface area contributed by atoms with E-state index in [0.717, 1.165) is 12.1 Å². The summed E-state index contributed by atoms with van der Waals surface area (Å²) in [5.41, 5.74) is 1.38. The van der Waals surface area contributed by atoms with Crippen molar-refractivity contribution in [2.45, 2.75) is 26.8 Å². The highest BCUT2D eigenvalue weighted by atomic mass is 19.1. The normalized spacial score (nSPS) is 12.4. The van der Waals surface area contributed by atoms with Gasteiger partial charge in [-0.15, -0.1) is 0 Å². The fourth-order valence-corrected chi connectivity index (χ4v) is 1.30. The minimum atomic E-state index is -0.903. The summed E-state index contributed by atoms with van der Waals surface area (Å²) < 4.78 is 26.8. The zero-order chi connectivity index (χ0) is 13.9. The zero-order valence-electron chi connectivity index (χ0n) is 10.6. The van der Waals surface area contributed by atoms with E-state index in [4.69, 9.17) is 5.84 Å². The highest BCUT2D eigenvalue weighted by Crippen LogP contribution is 2.19. The maximum Gasteiger partial charge on any atom is 0.251 e. The largest absolute Gasteiger partial charge is 0.349 e. The lowest BCUT2D eigenvalue weighted by molar-refractivity contribution is 0.0929. The molecule has 0 bridgehead atoms. The lowest BCUT2D eigenvalue weighted by atomic mass is 10.1. The summed E-state index contributed by atoms with van der Waals surface area (Å²) in [6.07, 6.45) is 0. The van der Waals surface area contributed by atoms with Crippen molar-refractivity contribution in [3.63, 3.8) is 0 Å². The van der Waals surface area contributed by atoms with Gasteiger partial charge in [0.05, 0.1) is 0 Å². The van der Waals surface area contributed by atoms with E-state index in [-0.39, 0.29) is 17.5 Å². The second kappa shape index (κ2) is 5.77. The van der Waals surface area contributed by atoms with Gasteiger partial charge in [-0.2, -0.15) is 0 Å². The van der Waals surface area contributed by atoms with Crippen LogP contribution in [0.3, 0.4) is 0 Å². The molecule has 0 aromatic heterocycles. The van der Waals surface area contributed by atoms with Crippen LogP contribution in [0, 0.1) is 17.6 Å².